The number of methoxy groups -OCH3 is 1. The largest absolute Gasteiger partial charge is 0.497 e. The summed E-state index contributed by atoms with van der Waals surface area (Å²) in [4.78, 5) is 0. The topological polar surface area (TPSA) is 30.9 Å². The van der Waals surface area contributed by atoms with Crippen molar-refractivity contribution < 1.29 is 14.2 Å². The predicted octanol–water partition coefficient (Wildman–Crippen LogP) is 3.36. The Kier molecular flexibility index (Phi) is 3.88. The molecule has 0 N–H and O–H groups in total. The van der Waals surface area contributed by atoms with Crippen molar-refractivity contribution in [1.82, 2.24) is 4.67 Å². The predicted molar refractivity (Wildman–Crippen MR) is 92.1 cm³/mol. The third-order valence-electron chi connectivity index (χ3n) is 4.62. The van der Waals surface area contributed by atoms with Crippen molar-refractivity contribution in [3.8, 4) is 17.2 Å². The van der Waals surface area contributed by atoms with E-state index in [0.717, 1.165) is 36.6 Å². The van der Waals surface area contributed by atoms with Crippen molar-refractivity contribution in [3.05, 3.63) is 53.1 Å². The van der Waals surface area contributed by atoms with Gasteiger partial charge in [-0.1, -0.05) is 21.5 Å². The Morgan fingerprint density at radius 1 is 1.17 bits per heavy atom. The van der Waals surface area contributed by atoms with Crippen LogP contribution in [0.4, 0.5) is 0 Å². The number of hydrogen-bond donors (Lipinski definition) is 0. The van der Waals surface area contributed by atoms with Crippen LogP contribution in [0.5, 0.6) is 17.2 Å². The van der Waals surface area contributed by atoms with Crippen molar-refractivity contribution in [3.63, 3.8) is 0 Å². The summed E-state index contributed by atoms with van der Waals surface area (Å²) in [5, 5.41) is 0. The lowest BCUT2D eigenvalue weighted by molar-refractivity contribution is 0.174. The fourth-order valence-electron chi connectivity index (χ4n) is 3.32. The second-order valence-corrected chi connectivity index (χ2v) is 6.62. The first kappa shape index (κ1) is 14.8. The van der Waals surface area contributed by atoms with Crippen LogP contribution in [0.1, 0.15) is 22.7 Å². The van der Waals surface area contributed by atoms with Crippen molar-refractivity contribution in [2.45, 2.75) is 18.9 Å². The van der Waals surface area contributed by atoms with Gasteiger partial charge in [0.05, 0.1) is 7.11 Å². The van der Waals surface area contributed by atoms with Crippen LogP contribution in [0.2, 0.25) is 0 Å². The van der Waals surface area contributed by atoms with Gasteiger partial charge in [-0.3, -0.25) is 4.67 Å². The minimum Gasteiger partial charge on any atom is -0.497 e. The molecule has 2 aliphatic heterocycles. The maximum Gasteiger partial charge on any atom is 0.231 e. The highest BCUT2D eigenvalue weighted by atomic mass is 31.0. The zero-order chi connectivity index (χ0) is 15.8. The molecule has 23 heavy (non-hydrogen) atoms. The Morgan fingerprint density at radius 2 is 1.91 bits per heavy atom. The number of nitrogens with zero attached hydrogens (tertiary/aromatic N) is 1. The van der Waals surface area contributed by atoms with Crippen LogP contribution < -0.4 is 14.2 Å². The van der Waals surface area contributed by atoms with E-state index in [-0.39, 0.29) is 0 Å². The smallest absolute Gasteiger partial charge is 0.231 e. The number of rotatable bonds is 3. The molecule has 0 fully saturated rings. The van der Waals surface area contributed by atoms with Crippen molar-refractivity contribution in [2.75, 3.05) is 20.4 Å². The molecule has 0 saturated carbocycles. The van der Waals surface area contributed by atoms with E-state index in [1.807, 2.05) is 12.1 Å². The lowest BCUT2D eigenvalue weighted by Crippen LogP contribution is -2.29. The first-order valence-electron chi connectivity index (χ1n) is 7.81. The van der Waals surface area contributed by atoms with Gasteiger partial charge < -0.3 is 14.2 Å². The van der Waals surface area contributed by atoms with E-state index in [1.54, 1.807) is 7.11 Å². The molecule has 0 aliphatic carbocycles. The highest BCUT2D eigenvalue weighted by Gasteiger charge is 2.28. The van der Waals surface area contributed by atoms with Gasteiger partial charge in [0.1, 0.15) is 5.75 Å². The fourth-order valence-corrected chi connectivity index (χ4v) is 3.72. The molecule has 4 nitrogen and oxygen atoms in total. The van der Waals surface area contributed by atoms with Gasteiger partial charge >= 0.3 is 0 Å². The van der Waals surface area contributed by atoms with E-state index in [0.29, 0.717) is 12.8 Å². The van der Waals surface area contributed by atoms with E-state index in [1.165, 1.54) is 16.7 Å². The summed E-state index contributed by atoms with van der Waals surface area (Å²) < 4.78 is 18.7. The zero-order valence-electron chi connectivity index (χ0n) is 13.1. The maximum absolute atomic E-state index is 5.56. The average molecular weight is 329 g/mol. The van der Waals surface area contributed by atoms with Gasteiger partial charge in [0, 0.05) is 12.6 Å². The molecule has 0 bridgehead atoms. The summed E-state index contributed by atoms with van der Waals surface area (Å²) >= 11 is 0. The minimum atomic E-state index is 0.325. The zero-order valence-corrected chi connectivity index (χ0v) is 14.3. The summed E-state index contributed by atoms with van der Waals surface area (Å²) in [6, 6.07) is 12.9. The van der Waals surface area contributed by atoms with Gasteiger partial charge in [-0.2, -0.15) is 0 Å². The third-order valence-corrected chi connectivity index (χ3v) is 5.24. The Hall–Kier alpha value is -1.77. The lowest BCUT2D eigenvalue weighted by atomic mass is 9.90. The Labute approximate surface area is 138 Å². The number of fused-ring (bicyclic) bond motifs is 2. The molecule has 0 aromatic heterocycles. The molecule has 5 heteroatoms. The molecule has 2 aromatic carbocycles. The molecule has 120 valence electrons. The second-order valence-electron chi connectivity index (χ2n) is 5.96. The van der Waals surface area contributed by atoms with E-state index in [9.17, 15) is 0 Å². The highest BCUT2D eigenvalue weighted by molar-refractivity contribution is 7.13. The monoisotopic (exact) mass is 329 g/mol. The van der Waals surface area contributed by atoms with Crippen LogP contribution in [-0.4, -0.2) is 25.1 Å². The highest BCUT2D eigenvalue weighted by Crippen LogP contribution is 2.42. The van der Waals surface area contributed by atoms with Crippen LogP contribution in [0.15, 0.2) is 36.4 Å². The summed E-state index contributed by atoms with van der Waals surface area (Å²) in [6.45, 7) is 1.35. The van der Waals surface area contributed by atoms with Crippen LogP contribution >= 0.6 is 9.39 Å². The first-order valence-corrected chi connectivity index (χ1v) is 8.33. The quantitative estimate of drug-likeness (QED) is 0.808. The molecule has 0 radical (unpaired) electrons. The molecule has 2 aromatic rings. The molecule has 0 spiro atoms. The van der Waals surface area contributed by atoms with Gasteiger partial charge in [-0.15, -0.1) is 0 Å². The van der Waals surface area contributed by atoms with Gasteiger partial charge in [0.15, 0.2) is 11.5 Å². The van der Waals surface area contributed by atoms with Crippen LogP contribution in [-0.2, 0) is 12.8 Å². The van der Waals surface area contributed by atoms with Crippen LogP contribution in [0.25, 0.3) is 0 Å². The molecular formula is C18H20NO3P. The molecule has 2 atom stereocenters. The molecule has 0 saturated heterocycles. The Morgan fingerprint density at radius 3 is 2.65 bits per heavy atom. The lowest BCUT2D eigenvalue weighted by Gasteiger charge is -2.34. The van der Waals surface area contributed by atoms with Crippen molar-refractivity contribution in [1.29, 1.82) is 0 Å². The van der Waals surface area contributed by atoms with Gasteiger partial charge in [0.2, 0.25) is 6.79 Å². The molecule has 4 rings (SSSR count). The molecule has 2 aliphatic rings. The van der Waals surface area contributed by atoms with E-state index >= 15 is 0 Å². The second kappa shape index (κ2) is 6.03. The van der Waals surface area contributed by atoms with Gasteiger partial charge in [-0.25, -0.2) is 0 Å². The standard InChI is InChI=1S/C18H20NO3P/c1-20-14-4-2-12(3-5-14)8-16-15-10-18-17(21-11-22-18)9-13(15)6-7-19(16)23/h2-5,9-10,16H,6-8,11,23H2,1H3. The molecule has 0 amide bonds. The fraction of sp³-hybridized carbons (Fsp3) is 0.333. The minimum absolute atomic E-state index is 0.325. The molecule has 2 heterocycles. The van der Waals surface area contributed by atoms with Gasteiger partial charge in [0.25, 0.3) is 0 Å². The molecule has 2 unspecified atom stereocenters. The number of benzene rings is 2. The third kappa shape index (κ3) is 2.77. The van der Waals surface area contributed by atoms with Crippen molar-refractivity contribution in [2.24, 2.45) is 0 Å². The Balaban J connectivity index is 1.65. The van der Waals surface area contributed by atoms with Gasteiger partial charge in [-0.05, 0) is 53.8 Å². The summed E-state index contributed by atoms with van der Waals surface area (Å²) in [6.07, 6.45) is 1.99. The normalized spacial score (nSPS) is 19.5. The summed E-state index contributed by atoms with van der Waals surface area (Å²) in [5.74, 6) is 2.64. The maximum atomic E-state index is 5.56. The SMILES string of the molecule is COc1ccc(CC2c3cc4c(cc3CCN2P)OCO4)cc1. The number of ether oxygens (including phenoxy) is 3. The van der Waals surface area contributed by atoms with Crippen LogP contribution in [0, 0.1) is 0 Å². The van der Waals surface area contributed by atoms with E-state index in [4.69, 9.17) is 14.2 Å². The van der Waals surface area contributed by atoms with E-state index < -0.39 is 0 Å². The molecular weight excluding hydrogens is 309 g/mol. The Bertz CT molecular complexity index is 717. The van der Waals surface area contributed by atoms with Crippen LogP contribution in [0.3, 0.4) is 0 Å². The average Bonchev–Trinajstić information content (AvgIpc) is 3.04. The van der Waals surface area contributed by atoms with Crippen molar-refractivity contribution >= 4 is 9.39 Å². The first-order chi connectivity index (χ1) is 11.2. The number of hydrogen-bond acceptors (Lipinski definition) is 4. The van der Waals surface area contributed by atoms with E-state index in [2.05, 4.69) is 38.3 Å². The summed E-state index contributed by atoms with van der Waals surface area (Å²) in [5.41, 5.74) is 4.01. The summed E-state index contributed by atoms with van der Waals surface area (Å²) in [7, 11) is 4.57.